The highest BCUT2D eigenvalue weighted by Gasteiger charge is 2.21. The van der Waals surface area contributed by atoms with Gasteiger partial charge in [0, 0.05) is 11.8 Å². The largest absolute Gasteiger partial charge is 0.294 e. The summed E-state index contributed by atoms with van der Waals surface area (Å²) in [6, 6.07) is 7.69. The second kappa shape index (κ2) is 3.12. The first-order chi connectivity index (χ1) is 7.36. The maximum absolute atomic E-state index is 11.8. The smallest absolute Gasteiger partial charge is 0.165 e. The lowest BCUT2D eigenvalue weighted by atomic mass is 9.92. The van der Waals surface area contributed by atoms with Crippen molar-refractivity contribution < 1.29 is 4.79 Å². The van der Waals surface area contributed by atoms with Crippen LogP contribution in [0.4, 0.5) is 0 Å². The zero-order valence-electron chi connectivity index (χ0n) is 8.23. The highest BCUT2D eigenvalue weighted by atomic mass is 16.1. The molecule has 1 aromatic heterocycles. The number of benzene rings is 1. The summed E-state index contributed by atoms with van der Waals surface area (Å²) in [5.74, 6) is 0.211. The van der Waals surface area contributed by atoms with E-state index in [2.05, 4.69) is 10.2 Å². The second-order valence-corrected chi connectivity index (χ2v) is 3.82. The zero-order valence-corrected chi connectivity index (χ0v) is 8.23. The Bertz CT molecular complexity index is 548. The molecule has 0 aliphatic heterocycles. The number of nitrogens with zero attached hydrogens (tertiary/aromatic N) is 2. The van der Waals surface area contributed by atoms with Gasteiger partial charge in [0.15, 0.2) is 5.78 Å². The Labute approximate surface area is 87.1 Å². The molecule has 1 aliphatic carbocycles. The van der Waals surface area contributed by atoms with E-state index in [9.17, 15) is 4.79 Å². The SMILES string of the molecule is O=C1CCCc2nnc3ccccc3c21. The van der Waals surface area contributed by atoms with Gasteiger partial charge in [0.25, 0.3) is 0 Å². The topological polar surface area (TPSA) is 42.9 Å². The number of fused-ring (bicyclic) bond motifs is 3. The van der Waals surface area contributed by atoms with Crippen LogP contribution in [0.2, 0.25) is 0 Å². The number of carbonyl (C=O) groups is 1. The first-order valence-electron chi connectivity index (χ1n) is 5.14. The summed E-state index contributed by atoms with van der Waals surface area (Å²) >= 11 is 0. The summed E-state index contributed by atoms with van der Waals surface area (Å²) in [5.41, 5.74) is 2.48. The third kappa shape index (κ3) is 1.23. The molecule has 2 aromatic rings. The molecule has 0 saturated heterocycles. The quantitative estimate of drug-likeness (QED) is 0.651. The van der Waals surface area contributed by atoms with E-state index >= 15 is 0 Å². The predicted octanol–water partition coefficient (Wildman–Crippen LogP) is 2.15. The van der Waals surface area contributed by atoms with Crippen molar-refractivity contribution in [3.63, 3.8) is 0 Å². The summed E-state index contributed by atoms with van der Waals surface area (Å²) in [4.78, 5) is 11.8. The van der Waals surface area contributed by atoms with Crippen molar-refractivity contribution in [2.75, 3.05) is 0 Å². The number of carbonyl (C=O) groups excluding carboxylic acids is 1. The van der Waals surface area contributed by atoms with Crippen LogP contribution in [0.15, 0.2) is 24.3 Å². The highest BCUT2D eigenvalue weighted by molar-refractivity contribution is 6.08. The summed E-state index contributed by atoms with van der Waals surface area (Å²) in [7, 11) is 0. The van der Waals surface area contributed by atoms with Gasteiger partial charge >= 0.3 is 0 Å². The molecule has 0 spiro atoms. The molecule has 3 nitrogen and oxygen atoms in total. The minimum Gasteiger partial charge on any atom is -0.294 e. The molecule has 0 fully saturated rings. The fourth-order valence-corrected chi connectivity index (χ4v) is 2.12. The van der Waals surface area contributed by atoms with E-state index < -0.39 is 0 Å². The lowest BCUT2D eigenvalue weighted by molar-refractivity contribution is 0.0973. The fraction of sp³-hybridized carbons (Fsp3) is 0.250. The number of hydrogen-bond acceptors (Lipinski definition) is 3. The van der Waals surface area contributed by atoms with Crippen molar-refractivity contribution in [1.29, 1.82) is 0 Å². The van der Waals surface area contributed by atoms with Gasteiger partial charge in [0.05, 0.1) is 16.8 Å². The zero-order chi connectivity index (χ0) is 10.3. The summed E-state index contributed by atoms with van der Waals surface area (Å²) in [6.45, 7) is 0. The standard InChI is InChI=1S/C12H10N2O/c15-11-7-3-6-10-12(11)8-4-1-2-5-9(8)13-14-10/h1-2,4-5H,3,6-7H2. The Hall–Kier alpha value is -1.77. The molecule has 3 heteroatoms. The molecule has 3 rings (SSSR count). The van der Waals surface area contributed by atoms with Crippen molar-refractivity contribution in [3.05, 3.63) is 35.5 Å². The third-order valence-electron chi connectivity index (χ3n) is 2.84. The van der Waals surface area contributed by atoms with Crippen molar-refractivity contribution in [2.24, 2.45) is 0 Å². The van der Waals surface area contributed by atoms with Crippen LogP contribution in [0.1, 0.15) is 28.9 Å². The summed E-state index contributed by atoms with van der Waals surface area (Å²) < 4.78 is 0. The van der Waals surface area contributed by atoms with E-state index in [1.807, 2.05) is 24.3 Å². The van der Waals surface area contributed by atoms with Crippen molar-refractivity contribution in [3.8, 4) is 0 Å². The van der Waals surface area contributed by atoms with E-state index in [1.54, 1.807) is 0 Å². The Morgan fingerprint density at radius 1 is 1.07 bits per heavy atom. The minimum absolute atomic E-state index is 0.211. The Balaban J connectivity index is 2.40. The van der Waals surface area contributed by atoms with Crippen molar-refractivity contribution >= 4 is 16.7 Å². The van der Waals surface area contributed by atoms with Gasteiger partial charge in [-0.05, 0) is 18.9 Å². The molecule has 0 atom stereocenters. The summed E-state index contributed by atoms with van der Waals surface area (Å²) in [5, 5.41) is 9.20. The molecule has 0 unspecified atom stereocenters. The molecule has 1 aliphatic rings. The molecule has 1 heterocycles. The Morgan fingerprint density at radius 3 is 2.87 bits per heavy atom. The average Bonchev–Trinajstić information content (AvgIpc) is 2.29. The number of aryl methyl sites for hydroxylation is 1. The molecule has 0 amide bonds. The van der Waals surface area contributed by atoms with Crippen LogP contribution in [-0.4, -0.2) is 16.0 Å². The van der Waals surface area contributed by atoms with Gasteiger partial charge in [-0.2, -0.15) is 10.2 Å². The molecule has 1 aromatic carbocycles. The van der Waals surface area contributed by atoms with Crippen LogP contribution >= 0.6 is 0 Å². The minimum atomic E-state index is 0.211. The number of aromatic nitrogens is 2. The maximum Gasteiger partial charge on any atom is 0.165 e. The highest BCUT2D eigenvalue weighted by Crippen LogP contribution is 2.25. The monoisotopic (exact) mass is 198 g/mol. The first-order valence-corrected chi connectivity index (χ1v) is 5.14. The van der Waals surface area contributed by atoms with Crippen LogP contribution in [0.3, 0.4) is 0 Å². The Kier molecular flexibility index (Phi) is 1.78. The van der Waals surface area contributed by atoms with Crippen LogP contribution in [0, 0.1) is 0 Å². The van der Waals surface area contributed by atoms with Crippen LogP contribution in [-0.2, 0) is 6.42 Å². The fourth-order valence-electron chi connectivity index (χ4n) is 2.12. The van der Waals surface area contributed by atoms with Crippen molar-refractivity contribution in [2.45, 2.75) is 19.3 Å². The van der Waals surface area contributed by atoms with Gasteiger partial charge in [-0.25, -0.2) is 0 Å². The van der Waals surface area contributed by atoms with E-state index in [1.165, 1.54) is 0 Å². The molecule has 0 bridgehead atoms. The molecule has 0 N–H and O–H groups in total. The lowest BCUT2D eigenvalue weighted by Gasteiger charge is -2.14. The second-order valence-electron chi connectivity index (χ2n) is 3.82. The van der Waals surface area contributed by atoms with Gasteiger partial charge in [-0.1, -0.05) is 18.2 Å². The number of ketones is 1. The number of Topliss-reactive ketones (excluding diaryl/α,β-unsaturated/α-hetero) is 1. The van der Waals surface area contributed by atoms with Gasteiger partial charge < -0.3 is 0 Å². The molecular formula is C12H10N2O. The average molecular weight is 198 g/mol. The summed E-state index contributed by atoms with van der Waals surface area (Å²) in [6.07, 6.45) is 2.42. The van der Waals surface area contributed by atoms with Gasteiger partial charge in [0.1, 0.15) is 0 Å². The molecule has 74 valence electrons. The van der Waals surface area contributed by atoms with Crippen LogP contribution < -0.4 is 0 Å². The molecule has 0 saturated carbocycles. The first kappa shape index (κ1) is 8.53. The lowest BCUT2D eigenvalue weighted by Crippen LogP contribution is -2.14. The molecular weight excluding hydrogens is 188 g/mol. The third-order valence-corrected chi connectivity index (χ3v) is 2.84. The Morgan fingerprint density at radius 2 is 1.93 bits per heavy atom. The van der Waals surface area contributed by atoms with E-state index in [4.69, 9.17) is 0 Å². The van der Waals surface area contributed by atoms with Crippen molar-refractivity contribution in [1.82, 2.24) is 10.2 Å². The molecule has 15 heavy (non-hydrogen) atoms. The van der Waals surface area contributed by atoms with E-state index in [0.717, 1.165) is 35.0 Å². The number of rotatable bonds is 0. The molecule has 0 radical (unpaired) electrons. The van der Waals surface area contributed by atoms with Gasteiger partial charge in [-0.15, -0.1) is 0 Å². The maximum atomic E-state index is 11.8. The van der Waals surface area contributed by atoms with Gasteiger partial charge in [0.2, 0.25) is 0 Å². The van der Waals surface area contributed by atoms with Gasteiger partial charge in [-0.3, -0.25) is 4.79 Å². The predicted molar refractivity (Wildman–Crippen MR) is 56.8 cm³/mol. The number of hydrogen-bond donors (Lipinski definition) is 0. The van der Waals surface area contributed by atoms with E-state index in [0.29, 0.717) is 6.42 Å². The van der Waals surface area contributed by atoms with E-state index in [-0.39, 0.29) is 5.78 Å². The van der Waals surface area contributed by atoms with Crippen LogP contribution in [0.5, 0.6) is 0 Å². The normalized spacial score (nSPS) is 15.3. The van der Waals surface area contributed by atoms with Crippen LogP contribution in [0.25, 0.3) is 10.9 Å².